The quantitative estimate of drug-likeness (QED) is 0.770. The first kappa shape index (κ1) is 14.0. The van der Waals surface area contributed by atoms with Crippen LogP contribution >= 0.6 is 11.8 Å². The highest BCUT2D eigenvalue weighted by Gasteiger charge is 2.06. The van der Waals surface area contributed by atoms with Crippen LogP contribution in [0.25, 0.3) is 0 Å². The number of nitrogens with zero attached hydrogens (tertiary/aromatic N) is 1. The Morgan fingerprint density at radius 1 is 1.47 bits per heavy atom. The predicted molar refractivity (Wildman–Crippen MR) is 67.0 cm³/mol. The fraction of sp³-hybridized carbons (Fsp3) is 0.364. The molecule has 0 saturated heterocycles. The molecule has 0 aliphatic carbocycles. The molecule has 0 radical (unpaired) electrons. The molecule has 0 spiro atoms. The van der Waals surface area contributed by atoms with Gasteiger partial charge in [0.25, 0.3) is 0 Å². The number of halogens is 1. The molecule has 0 N–H and O–H groups in total. The summed E-state index contributed by atoms with van der Waals surface area (Å²) in [5.41, 5.74) is 0.840. The highest BCUT2D eigenvalue weighted by molar-refractivity contribution is 7.99. The lowest BCUT2D eigenvalue weighted by atomic mass is 10.1. The molecule has 0 unspecified atom stereocenters. The minimum atomic E-state index is -2.97. The van der Waals surface area contributed by atoms with Crippen molar-refractivity contribution in [1.82, 2.24) is 0 Å². The van der Waals surface area contributed by atoms with Crippen molar-refractivity contribution in [2.24, 2.45) is 0 Å². The van der Waals surface area contributed by atoms with Crippen molar-refractivity contribution in [2.75, 3.05) is 17.8 Å². The third kappa shape index (κ3) is 5.20. The van der Waals surface area contributed by atoms with Crippen LogP contribution in [-0.4, -0.2) is 26.2 Å². The van der Waals surface area contributed by atoms with E-state index in [9.17, 15) is 12.8 Å². The molecule has 3 nitrogen and oxygen atoms in total. The first-order chi connectivity index (χ1) is 7.92. The second kappa shape index (κ2) is 6.03. The predicted octanol–water partition coefficient (Wildman–Crippen LogP) is 1.98. The third-order valence-corrected chi connectivity index (χ3v) is 4.24. The molecule has 0 heterocycles. The number of nitriles is 1. The van der Waals surface area contributed by atoms with E-state index in [1.807, 2.05) is 6.07 Å². The molecule has 0 aliphatic heterocycles. The van der Waals surface area contributed by atoms with Gasteiger partial charge in [-0.05, 0) is 23.8 Å². The molecule has 0 fully saturated rings. The van der Waals surface area contributed by atoms with Gasteiger partial charge in [-0.2, -0.15) is 17.0 Å². The maximum Gasteiger partial charge on any atom is 0.148 e. The van der Waals surface area contributed by atoms with Gasteiger partial charge in [-0.3, -0.25) is 0 Å². The standard InChI is InChI=1S/C11H12FNO2S2/c1-17(14,15)5-4-16-8-10-6-9(7-13)2-3-11(10)12/h2-3,6H,4-5,8H2,1H3. The van der Waals surface area contributed by atoms with Gasteiger partial charge in [-0.1, -0.05) is 0 Å². The monoisotopic (exact) mass is 273 g/mol. The summed E-state index contributed by atoms with van der Waals surface area (Å²) in [5.74, 6) is 0.513. The molecule has 1 aromatic carbocycles. The normalized spacial score (nSPS) is 11.1. The maximum atomic E-state index is 13.3. The zero-order chi connectivity index (χ0) is 12.9. The summed E-state index contributed by atoms with van der Waals surface area (Å²) in [6.45, 7) is 0. The second-order valence-corrected chi connectivity index (χ2v) is 6.97. The minimum absolute atomic E-state index is 0.0806. The van der Waals surface area contributed by atoms with Crippen molar-refractivity contribution in [1.29, 1.82) is 5.26 Å². The van der Waals surface area contributed by atoms with Gasteiger partial charge in [0.2, 0.25) is 0 Å². The number of thioether (sulfide) groups is 1. The van der Waals surface area contributed by atoms with Gasteiger partial charge >= 0.3 is 0 Å². The zero-order valence-electron chi connectivity index (χ0n) is 9.31. The molecule has 1 aromatic rings. The van der Waals surface area contributed by atoms with E-state index in [1.165, 1.54) is 36.2 Å². The summed E-state index contributed by atoms with van der Waals surface area (Å²) in [6.07, 6.45) is 1.17. The Hall–Kier alpha value is -1.06. The van der Waals surface area contributed by atoms with Gasteiger partial charge in [0.1, 0.15) is 15.7 Å². The van der Waals surface area contributed by atoms with Crippen molar-refractivity contribution < 1.29 is 12.8 Å². The lowest BCUT2D eigenvalue weighted by Crippen LogP contribution is -2.05. The van der Waals surface area contributed by atoms with Crippen LogP contribution in [0.15, 0.2) is 18.2 Å². The van der Waals surface area contributed by atoms with Crippen LogP contribution in [0.5, 0.6) is 0 Å². The molecule has 0 bridgehead atoms. The molecule has 0 amide bonds. The molecule has 6 heteroatoms. The first-order valence-corrected chi connectivity index (χ1v) is 8.08. The summed E-state index contributed by atoms with van der Waals surface area (Å²) in [7, 11) is -2.97. The fourth-order valence-corrected chi connectivity index (χ4v) is 3.42. The molecule has 0 atom stereocenters. The van der Waals surface area contributed by atoms with E-state index in [-0.39, 0.29) is 11.6 Å². The van der Waals surface area contributed by atoms with Crippen LogP contribution in [0.1, 0.15) is 11.1 Å². The fourth-order valence-electron chi connectivity index (χ4n) is 1.15. The smallest absolute Gasteiger partial charge is 0.148 e. The maximum absolute atomic E-state index is 13.3. The number of hydrogen-bond acceptors (Lipinski definition) is 4. The Bertz CT molecular complexity index is 535. The van der Waals surface area contributed by atoms with Gasteiger partial charge in [0, 0.05) is 17.8 Å². The van der Waals surface area contributed by atoms with E-state index >= 15 is 0 Å². The largest absolute Gasteiger partial charge is 0.229 e. The van der Waals surface area contributed by atoms with E-state index in [0.717, 1.165) is 0 Å². The van der Waals surface area contributed by atoms with Crippen molar-refractivity contribution in [2.45, 2.75) is 5.75 Å². The highest BCUT2D eigenvalue weighted by Crippen LogP contribution is 2.17. The SMILES string of the molecule is CS(=O)(=O)CCSCc1cc(C#N)ccc1F. The molecule has 0 saturated carbocycles. The lowest BCUT2D eigenvalue weighted by molar-refractivity contribution is 0.603. The van der Waals surface area contributed by atoms with Gasteiger partial charge in [0.15, 0.2) is 0 Å². The minimum Gasteiger partial charge on any atom is -0.229 e. The van der Waals surface area contributed by atoms with E-state index in [4.69, 9.17) is 5.26 Å². The summed E-state index contributed by atoms with van der Waals surface area (Å²) >= 11 is 1.34. The van der Waals surface area contributed by atoms with Crippen LogP contribution in [0, 0.1) is 17.1 Å². The van der Waals surface area contributed by atoms with Crippen molar-refractivity contribution in [3.05, 3.63) is 35.1 Å². The first-order valence-electron chi connectivity index (χ1n) is 4.86. The third-order valence-electron chi connectivity index (χ3n) is 2.03. The zero-order valence-corrected chi connectivity index (χ0v) is 10.9. The van der Waals surface area contributed by atoms with Gasteiger partial charge in [-0.15, -0.1) is 0 Å². The number of hydrogen-bond donors (Lipinski definition) is 0. The average Bonchev–Trinajstić information content (AvgIpc) is 2.25. The Labute approximate surface area is 105 Å². The van der Waals surface area contributed by atoms with E-state index in [1.54, 1.807) is 0 Å². The molecule has 0 aromatic heterocycles. The summed E-state index contributed by atoms with van der Waals surface area (Å²) < 4.78 is 35.1. The lowest BCUT2D eigenvalue weighted by Gasteiger charge is -2.03. The molecule has 17 heavy (non-hydrogen) atoms. The summed E-state index contributed by atoms with van der Waals surface area (Å²) in [6, 6.07) is 6.10. The van der Waals surface area contributed by atoms with E-state index in [2.05, 4.69) is 0 Å². The molecule has 92 valence electrons. The van der Waals surface area contributed by atoms with E-state index in [0.29, 0.717) is 22.6 Å². The van der Waals surface area contributed by atoms with Crippen molar-refractivity contribution in [3.8, 4) is 6.07 Å². The molecule has 0 aliphatic rings. The van der Waals surface area contributed by atoms with Crippen LogP contribution < -0.4 is 0 Å². The Kier molecular flexibility index (Phi) is 4.97. The highest BCUT2D eigenvalue weighted by atomic mass is 32.2. The second-order valence-electron chi connectivity index (χ2n) is 3.60. The summed E-state index contributed by atoms with van der Waals surface area (Å²) in [5, 5.41) is 8.67. The van der Waals surface area contributed by atoms with Crippen LogP contribution in [-0.2, 0) is 15.6 Å². The van der Waals surface area contributed by atoms with Crippen LogP contribution in [0.4, 0.5) is 4.39 Å². The van der Waals surface area contributed by atoms with Crippen LogP contribution in [0.3, 0.4) is 0 Å². The Morgan fingerprint density at radius 2 is 2.18 bits per heavy atom. The molecule has 1 rings (SSSR count). The molecular weight excluding hydrogens is 261 g/mol. The average molecular weight is 273 g/mol. The van der Waals surface area contributed by atoms with Gasteiger partial charge in [-0.25, -0.2) is 12.8 Å². The molecular formula is C11H12FNO2S2. The number of benzene rings is 1. The van der Waals surface area contributed by atoms with E-state index < -0.39 is 9.84 Å². The van der Waals surface area contributed by atoms with Crippen molar-refractivity contribution in [3.63, 3.8) is 0 Å². The van der Waals surface area contributed by atoms with Crippen molar-refractivity contribution >= 4 is 21.6 Å². The van der Waals surface area contributed by atoms with Gasteiger partial charge < -0.3 is 0 Å². The van der Waals surface area contributed by atoms with Gasteiger partial charge in [0.05, 0.1) is 17.4 Å². The number of rotatable bonds is 5. The van der Waals surface area contributed by atoms with Crippen LogP contribution in [0.2, 0.25) is 0 Å². The number of sulfone groups is 1. The topological polar surface area (TPSA) is 57.9 Å². The Balaban J connectivity index is 2.55. The summed E-state index contributed by atoms with van der Waals surface area (Å²) in [4.78, 5) is 0. The Morgan fingerprint density at radius 3 is 2.76 bits per heavy atom.